The van der Waals surface area contributed by atoms with E-state index >= 15 is 0 Å². The van der Waals surface area contributed by atoms with E-state index in [2.05, 4.69) is 20.4 Å². The zero-order valence-electron chi connectivity index (χ0n) is 17.5. The van der Waals surface area contributed by atoms with Crippen molar-refractivity contribution >= 4 is 5.91 Å². The summed E-state index contributed by atoms with van der Waals surface area (Å²) in [7, 11) is 0. The van der Waals surface area contributed by atoms with E-state index in [1.165, 1.54) is 24.7 Å². The van der Waals surface area contributed by atoms with Crippen molar-refractivity contribution in [3.63, 3.8) is 0 Å². The minimum atomic E-state index is -0.434. The molecule has 1 saturated carbocycles. The molecule has 0 radical (unpaired) electrons. The Morgan fingerprint density at radius 1 is 1.35 bits per heavy atom. The zero-order valence-corrected chi connectivity index (χ0v) is 17.5. The highest BCUT2D eigenvalue weighted by atomic mass is 19.1. The lowest BCUT2D eigenvalue weighted by molar-refractivity contribution is -0.605. The predicted molar refractivity (Wildman–Crippen MR) is 109 cm³/mol. The highest BCUT2D eigenvalue weighted by Gasteiger charge is 2.50. The Bertz CT molecular complexity index is 1170. The van der Waals surface area contributed by atoms with Gasteiger partial charge in [-0.2, -0.15) is 9.83 Å². The fourth-order valence-corrected chi connectivity index (χ4v) is 4.44. The molecule has 0 saturated heterocycles. The minimum Gasteiger partial charge on any atom is -0.619 e. The first-order chi connectivity index (χ1) is 14.7. The van der Waals surface area contributed by atoms with Gasteiger partial charge >= 0.3 is 0 Å². The van der Waals surface area contributed by atoms with Crippen LogP contribution in [-0.4, -0.2) is 25.7 Å². The monoisotopic (exact) mass is 422 g/mol. The summed E-state index contributed by atoms with van der Waals surface area (Å²) in [6, 6.07) is 2.49. The van der Waals surface area contributed by atoms with Crippen LogP contribution in [-0.2, 0) is 6.42 Å². The van der Waals surface area contributed by atoms with Crippen LogP contribution in [0.4, 0.5) is 4.39 Å². The molecule has 160 valence electrons. The van der Waals surface area contributed by atoms with Gasteiger partial charge < -0.3 is 10.5 Å². The molecule has 2 aliphatic carbocycles. The number of nitrogens with one attached hydrogen (secondary N) is 1. The van der Waals surface area contributed by atoms with Crippen molar-refractivity contribution in [1.29, 1.82) is 0 Å². The molecule has 0 aliphatic heterocycles. The number of carbonyl (C=O) groups excluding carboxylic acids is 1. The molecule has 31 heavy (non-hydrogen) atoms. The number of amides is 1. The molecule has 1 fully saturated rings. The third kappa shape index (κ3) is 3.43. The number of hydrogen-bond donors (Lipinski definition) is 1. The molecule has 3 aromatic heterocycles. The van der Waals surface area contributed by atoms with Crippen molar-refractivity contribution in [1.82, 2.24) is 25.1 Å². The average molecular weight is 422 g/mol. The van der Waals surface area contributed by atoms with Crippen LogP contribution < -0.4 is 10.0 Å². The SMILES string of the molecule is CC(C)(C)[C@H](NC(=O)c1nn(-c2c[n+]([O-])ccn2)c2c1C[C@H]1C[C@@H]21)c1ccc(F)cn1. The van der Waals surface area contributed by atoms with E-state index in [1.807, 2.05) is 20.8 Å². The number of aromatic nitrogens is 5. The number of nitrogens with zero attached hydrogens (tertiary/aromatic N) is 5. The third-order valence-electron chi connectivity index (χ3n) is 6.05. The van der Waals surface area contributed by atoms with E-state index in [-0.39, 0.29) is 11.3 Å². The maximum Gasteiger partial charge on any atom is 0.272 e. The summed E-state index contributed by atoms with van der Waals surface area (Å²) < 4.78 is 15.7. The second-order valence-corrected chi connectivity index (χ2v) is 9.38. The van der Waals surface area contributed by atoms with E-state index in [9.17, 15) is 14.4 Å². The number of carbonyl (C=O) groups is 1. The predicted octanol–water partition coefficient (Wildman–Crippen LogP) is 2.61. The Balaban J connectivity index is 1.51. The first-order valence-corrected chi connectivity index (χ1v) is 10.3. The van der Waals surface area contributed by atoms with Gasteiger partial charge in [-0.25, -0.2) is 14.1 Å². The Morgan fingerprint density at radius 2 is 2.16 bits per heavy atom. The number of rotatable bonds is 4. The maximum atomic E-state index is 13.4. The van der Waals surface area contributed by atoms with Crippen molar-refractivity contribution in [2.24, 2.45) is 11.3 Å². The summed E-state index contributed by atoms with van der Waals surface area (Å²) in [6.45, 7) is 5.96. The molecule has 0 unspecified atom stereocenters. The lowest BCUT2D eigenvalue weighted by Crippen LogP contribution is -2.37. The summed E-state index contributed by atoms with van der Waals surface area (Å²) in [5.74, 6) is 0.528. The summed E-state index contributed by atoms with van der Waals surface area (Å²) in [5.41, 5.74) is 2.46. The Kier molecular flexibility index (Phi) is 4.32. The highest BCUT2D eigenvalue weighted by molar-refractivity contribution is 5.94. The van der Waals surface area contributed by atoms with Gasteiger partial charge in [-0.3, -0.25) is 9.78 Å². The first kappa shape index (κ1) is 19.6. The van der Waals surface area contributed by atoms with Gasteiger partial charge in [-0.1, -0.05) is 20.8 Å². The average Bonchev–Trinajstić information content (AvgIpc) is 3.21. The Morgan fingerprint density at radius 3 is 2.84 bits per heavy atom. The normalized spacial score (nSPS) is 20.1. The molecule has 3 heterocycles. The molecule has 9 heteroatoms. The van der Waals surface area contributed by atoms with E-state index < -0.39 is 11.9 Å². The first-order valence-electron chi connectivity index (χ1n) is 10.3. The molecule has 0 bridgehead atoms. The smallest absolute Gasteiger partial charge is 0.272 e. The quantitative estimate of drug-likeness (QED) is 0.515. The fourth-order valence-electron chi connectivity index (χ4n) is 4.44. The number of halogens is 1. The molecule has 2 aliphatic rings. The van der Waals surface area contributed by atoms with Gasteiger partial charge in [0, 0.05) is 11.5 Å². The van der Waals surface area contributed by atoms with Crippen LogP contribution in [0.25, 0.3) is 5.82 Å². The topological polar surface area (TPSA) is 99.6 Å². The Labute approximate surface area is 178 Å². The van der Waals surface area contributed by atoms with Crippen LogP contribution in [0.2, 0.25) is 0 Å². The lowest BCUT2D eigenvalue weighted by Gasteiger charge is -2.31. The van der Waals surface area contributed by atoms with Crippen LogP contribution in [0, 0.1) is 22.4 Å². The second kappa shape index (κ2) is 6.83. The van der Waals surface area contributed by atoms with Crippen LogP contribution >= 0.6 is 0 Å². The molecular formula is C22H23FN6O2. The van der Waals surface area contributed by atoms with E-state index in [1.54, 1.807) is 10.7 Å². The summed E-state index contributed by atoms with van der Waals surface area (Å²) >= 11 is 0. The van der Waals surface area contributed by atoms with Crippen LogP contribution in [0.3, 0.4) is 0 Å². The summed E-state index contributed by atoms with van der Waals surface area (Å²) in [4.78, 5) is 21.8. The van der Waals surface area contributed by atoms with E-state index in [0.29, 0.717) is 33.8 Å². The van der Waals surface area contributed by atoms with Crippen molar-refractivity contribution in [3.05, 3.63) is 70.6 Å². The highest BCUT2D eigenvalue weighted by Crippen LogP contribution is 2.57. The zero-order chi connectivity index (χ0) is 21.9. The molecule has 3 atom stereocenters. The molecule has 5 rings (SSSR count). The number of pyridine rings is 1. The largest absolute Gasteiger partial charge is 0.619 e. The van der Waals surface area contributed by atoms with Gasteiger partial charge in [-0.05, 0) is 36.3 Å². The molecule has 1 N–H and O–H groups in total. The van der Waals surface area contributed by atoms with Crippen molar-refractivity contribution in [2.45, 2.75) is 45.6 Å². The van der Waals surface area contributed by atoms with Crippen molar-refractivity contribution in [2.75, 3.05) is 0 Å². The van der Waals surface area contributed by atoms with Crippen LogP contribution in [0.1, 0.15) is 66.6 Å². The molecule has 1 amide bonds. The third-order valence-corrected chi connectivity index (χ3v) is 6.05. The van der Waals surface area contributed by atoms with Crippen LogP contribution in [0.5, 0.6) is 0 Å². The molecule has 3 aromatic rings. The van der Waals surface area contributed by atoms with Gasteiger partial charge in [0.25, 0.3) is 5.91 Å². The van der Waals surface area contributed by atoms with Crippen molar-refractivity contribution in [3.8, 4) is 5.82 Å². The molecule has 0 aromatic carbocycles. The minimum absolute atomic E-state index is 0.312. The molecule has 8 nitrogen and oxygen atoms in total. The maximum absolute atomic E-state index is 13.4. The van der Waals surface area contributed by atoms with Gasteiger partial charge in [-0.15, -0.1) is 0 Å². The summed E-state index contributed by atoms with van der Waals surface area (Å²) in [5, 5.41) is 19.4. The fraction of sp³-hybridized carbons (Fsp3) is 0.409. The van der Waals surface area contributed by atoms with Crippen LogP contribution in [0.15, 0.2) is 36.9 Å². The second-order valence-electron chi connectivity index (χ2n) is 9.38. The standard InChI is InChI=1S/C22H23FN6O2/c1-22(2,3)20(16-5-4-13(23)10-25-16)26-21(30)18-15-9-12-8-14(12)19(15)29(27-18)17-11-28(31)7-6-24-17/h4-7,10-12,14,20H,8-9H2,1-3H3,(H,26,30)/t12-,14-,20-/m1/s1. The lowest BCUT2D eigenvalue weighted by atomic mass is 9.84. The molecule has 0 spiro atoms. The van der Waals surface area contributed by atoms with Gasteiger partial charge in [0.05, 0.1) is 29.8 Å². The molecular weight excluding hydrogens is 399 g/mol. The van der Waals surface area contributed by atoms with E-state index in [0.717, 1.165) is 30.3 Å². The summed E-state index contributed by atoms with van der Waals surface area (Å²) in [6.07, 6.45) is 7.09. The van der Waals surface area contributed by atoms with Gasteiger partial charge in [0.1, 0.15) is 5.82 Å². The van der Waals surface area contributed by atoms with Gasteiger partial charge in [0.15, 0.2) is 11.9 Å². The number of hydrogen-bond acceptors (Lipinski definition) is 5. The Hall–Kier alpha value is -3.36. The van der Waals surface area contributed by atoms with E-state index in [4.69, 9.17) is 0 Å². The number of fused-ring (bicyclic) bond motifs is 3. The van der Waals surface area contributed by atoms with Gasteiger partial charge in [0.2, 0.25) is 12.0 Å². The van der Waals surface area contributed by atoms with Crippen molar-refractivity contribution < 1.29 is 13.9 Å².